The summed E-state index contributed by atoms with van der Waals surface area (Å²) >= 11 is 6.42. The van der Waals surface area contributed by atoms with Gasteiger partial charge in [-0.2, -0.15) is 0 Å². The minimum Gasteiger partial charge on any atom is -0.493 e. The van der Waals surface area contributed by atoms with Gasteiger partial charge in [-0.25, -0.2) is 0 Å². The van der Waals surface area contributed by atoms with E-state index in [-0.39, 0.29) is 0 Å². The van der Waals surface area contributed by atoms with Crippen molar-refractivity contribution in [3.8, 4) is 11.5 Å². The lowest BCUT2D eigenvalue weighted by Gasteiger charge is -2.19. The van der Waals surface area contributed by atoms with E-state index in [0.29, 0.717) is 11.7 Å². The highest BCUT2D eigenvalue weighted by Crippen LogP contribution is 2.39. The van der Waals surface area contributed by atoms with Gasteiger partial charge in [0.05, 0.1) is 14.2 Å². The Bertz CT molecular complexity index is 441. The molecule has 0 aliphatic heterocycles. The lowest BCUT2D eigenvalue weighted by Crippen LogP contribution is -2.01. The largest absolute Gasteiger partial charge is 0.493 e. The fourth-order valence-electron chi connectivity index (χ4n) is 2.36. The van der Waals surface area contributed by atoms with E-state index in [4.69, 9.17) is 21.1 Å². The molecule has 0 aromatic heterocycles. The first-order valence-electron chi connectivity index (χ1n) is 7.24. The molecule has 0 spiro atoms. The Morgan fingerprint density at radius 1 is 1.10 bits per heavy atom. The van der Waals surface area contributed by atoms with Crippen LogP contribution in [0.2, 0.25) is 5.02 Å². The number of rotatable bonds is 8. The molecule has 20 heavy (non-hydrogen) atoms. The van der Waals surface area contributed by atoms with Crippen LogP contribution in [0.4, 0.5) is 0 Å². The van der Waals surface area contributed by atoms with Crippen molar-refractivity contribution in [2.45, 2.75) is 45.4 Å². The summed E-state index contributed by atoms with van der Waals surface area (Å²) in [6, 6.07) is 3.86. The monoisotopic (exact) mass is 296 g/mol. The van der Waals surface area contributed by atoms with Crippen LogP contribution in [0.1, 0.15) is 51.0 Å². The number of hydrogen-bond acceptors (Lipinski definition) is 2. The van der Waals surface area contributed by atoms with E-state index in [1.165, 1.54) is 0 Å². The molecule has 0 radical (unpaired) electrons. The molecule has 1 aromatic carbocycles. The molecule has 2 nitrogen and oxygen atoms in total. The Kier molecular flexibility index (Phi) is 7.53. The molecule has 0 N–H and O–H groups in total. The number of methoxy groups -OCH3 is 2. The van der Waals surface area contributed by atoms with Crippen molar-refractivity contribution >= 4 is 11.6 Å². The third-order valence-corrected chi connectivity index (χ3v) is 3.73. The van der Waals surface area contributed by atoms with E-state index in [2.05, 4.69) is 26.0 Å². The molecule has 112 valence electrons. The first-order valence-corrected chi connectivity index (χ1v) is 7.62. The van der Waals surface area contributed by atoms with Gasteiger partial charge in [-0.3, -0.25) is 0 Å². The van der Waals surface area contributed by atoms with Crippen LogP contribution >= 0.6 is 11.6 Å². The molecule has 1 atom stereocenters. The Balaban J connectivity index is 3.08. The van der Waals surface area contributed by atoms with Crippen molar-refractivity contribution in [1.82, 2.24) is 0 Å². The summed E-state index contributed by atoms with van der Waals surface area (Å²) in [5.41, 5.74) is 1.15. The minimum absolute atomic E-state index is 0.426. The van der Waals surface area contributed by atoms with Crippen molar-refractivity contribution in [3.63, 3.8) is 0 Å². The highest BCUT2D eigenvalue weighted by molar-refractivity contribution is 6.31. The summed E-state index contributed by atoms with van der Waals surface area (Å²) in [6.45, 7) is 4.35. The van der Waals surface area contributed by atoms with Gasteiger partial charge in [0.15, 0.2) is 11.5 Å². The molecule has 1 rings (SSSR count). The maximum Gasteiger partial charge on any atom is 0.162 e. The molecule has 0 saturated carbocycles. The molecule has 0 aliphatic rings. The van der Waals surface area contributed by atoms with E-state index in [1.807, 2.05) is 12.1 Å². The van der Waals surface area contributed by atoms with E-state index in [0.717, 1.165) is 42.0 Å². The van der Waals surface area contributed by atoms with Crippen molar-refractivity contribution in [2.24, 2.45) is 0 Å². The smallest absolute Gasteiger partial charge is 0.162 e. The fraction of sp³-hybridized carbons (Fsp3) is 0.529. The Morgan fingerprint density at radius 2 is 1.75 bits per heavy atom. The second-order valence-electron chi connectivity index (χ2n) is 4.83. The Morgan fingerprint density at radius 3 is 2.30 bits per heavy atom. The van der Waals surface area contributed by atoms with Gasteiger partial charge in [-0.1, -0.05) is 44.0 Å². The van der Waals surface area contributed by atoms with E-state index in [1.54, 1.807) is 14.2 Å². The van der Waals surface area contributed by atoms with Gasteiger partial charge in [-0.05, 0) is 36.8 Å². The summed E-state index contributed by atoms with van der Waals surface area (Å²) in [4.78, 5) is 0. The minimum atomic E-state index is 0.426. The molecule has 0 fully saturated rings. The maximum absolute atomic E-state index is 6.42. The molecule has 1 aromatic rings. The van der Waals surface area contributed by atoms with Gasteiger partial charge < -0.3 is 9.47 Å². The highest BCUT2D eigenvalue weighted by atomic mass is 35.5. The van der Waals surface area contributed by atoms with Crippen LogP contribution in [0.5, 0.6) is 11.5 Å². The maximum atomic E-state index is 6.42. The molecule has 0 heterocycles. The van der Waals surface area contributed by atoms with Crippen LogP contribution < -0.4 is 9.47 Å². The van der Waals surface area contributed by atoms with E-state index < -0.39 is 0 Å². The molecular formula is C17H25ClO2. The third-order valence-electron chi connectivity index (χ3n) is 3.40. The van der Waals surface area contributed by atoms with Gasteiger partial charge in [0, 0.05) is 11.1 Å². The molecule has 0 saturated heterocycles. The van der Waals surface area contributed by atoms with Crippen molar-refractivity contribution in [3.05, 3.63) is 34.9 Å². The number of benzene rings is 1. The third kappa shape index (κ3) is 4.45. The van der Waals surface area contributed by atoms with E-state index >= 15 is 0 Å². The number of ether oxygens (including phenoxy) is 2. The Labute approximate surface area is 127 Å². The zero-order chi connectivity index (χ0) is 15.0. The molecule has 1 unspecified atom stereocenters. The fourth-order valence-corrected chi connectivity index (χ4v) is 2.67. The predicted octanol–water partition coefficient (Wildman–Crippen LogP) is 5.60. The Hall–Kier alpha value is -1.15. The SMILES string of the molecule is CC/C=C\CC(CCC)c1cc(OC)c(OC)cc1Cl. The predicted molar refractivity (Wildman–Crippen MR) is 86.3 cm³/mol. The molecule has 0 bridgehead atoms. The average molecular weight is 297 g/mol. The second kappa shape index (κ2) is 8.91. The van der Waals surface area contributed by atoms with Crippen molar-refractivity contribution < 1.29 is 9.47 Å². The number of halogens is 1. The van der Waals surface area contributed by atoms with Gasteiger partial charge in [0.1, 0.15) is 0 Å². The van der Waals surface area contributed by atoms with Crippen LogP contribution in [0.3, 0.4) is 0 Å². The number of allylic oxidation sites excluding steroid dienone is 2. The lowest BCUT2D eigenvalue weighted by molar-refractivity contribution is 0.354. The zero-order valence-electron chi connectivity index (χ0n) is 12.9. The first kappa shape index (κ1) is 16.9. The quantitative estimate of drug-likeness (QED) is 0.582. The van der Waals surface area contributed by atoms with Crippen LogP contribution in [0.15, 0.2) is 24.3 Å². The number of hydrogen-bond donors (Lipinski definition) is 0. The zero-order valence-corrected chi connectivity index (χ0v) is 13.7. The van der Waals surface area contributed by atoms with Gasteiger partial charge in [-0.15, -0.1) is 0 Å². The summed E-state index contributed by atoms with van der Waals surface area (Å²) in [5.74, 6) is 1.85. The average Bonchev–Trinajstić information content (AvgIpc) is 2.46. The first-order chi connectivity index (χ1) is 9.67. The second-order valence-corrected chi connectivity index (χ2v) is 5.24. The topological polar surface area (TPSA) is 18.5 Å². The molecule has 0 amide bonds. The van der Waals surface area contributed by atoms with Crippen LogP contribution in [0, 0.1) is 0 Å². The molecule has 3 heteroatoms. The standard InChI is InChI=1S/C17H25ClO2/c1-5-7-8-10-13(9-6-2)14-11-16(19-3)17(20-4)12-15(14)18/h7-8,11-13H,5-6,9-10H2,1-4H3/b8-7-. The van der Waals surface area contributed by atoms with Gasteiger partial charge >= 0.3 is 0 Å². The van der Waals surface area contributed by atoms with Crippen molar-refractivity contribution in [1.29, 1.82) is 0 Å². The molecular weight excluding hydrogens is 272 g/mol. The summed E-state index contributed by atoms with van der Waals surface area (Å²) in [6.07, 6.45) is 8.78. The van der Waals surface area contributed by atoms with Crippen molar-refractivity contribution in [2.75, 3.05) is 14.2 Å². The van der Waals surface area contributed by atoms with E-state index in [9.17, 15) is 0 Å². The lowest BCUT2D eigenvalue weighted by atomic mass is 9.90. The summed E-state index contributed by atoms with van der Waals surface area (Å²) in [5, 5.41) is 0.756. The highest BCUT2D eigenvalue weighted by Gasteiger charge is 2.17. The normalized spacial score (nSPS) is 12.7. The van der Waals surface area contributed by atoms with Crippen LogP contribution in [0.25, 0.3) is 0 Å². The van der Waals surface area contributed by atoms with Crippen LogP contribution in [-0.2, 0) is 0 Å². The summed E-state index contributed by atoms with van der Waals surface area (Å²) < 4.78 is 10.7. The van der Waals surface area contributed by atoms with Gasteiger partial charge in [0.25, 0.3) is 0 Å². The van der Waals surface area contributed by atoms with Crippen LogP contribution in [-0.4, -0.2) is 14.2 Å². The van der Waals surface area contributed by atoms with Gasteiger partial charge in [0.2, 0.25) is 0 Å². The summed E-state index contributed by atoms with van der Waals surface area (Å²) in [7, 11) is 3.28. The molecule has 0 aliphatic carbocycles.